The highest BCUT2D eigenvalue weighted by molar-refractivity contribution is 14.1. The van der Waals surface area contributed by atoms with Crippen LogP contribution in [0.5, 0.6) is 0 Å². The van der Waals surface area contributed by atoms with Crippen LogP contribution in [0.15, 0.2) is 9.28 Å². The molecule has 0 aromatic heterocycles. The van der Waals surface area contributed by atoms with Gasteiger partial charge in [-0.2, -0.15) is 10.5 Å². The Morgan fingerprint density at radius 1 is 1.38 bits per heavy atom. The molecule has 0 saturated carbocycles. The molecule has 0 aromatic rings. The Morgan fingerprint density at radius 2 is 1.88 bits per heavy atom. The van der Waals surface area contributed by atoms with E-state index in [0.717, 1.165) is 0 Å². The smallest absolute Gasteiger partial charge is 0.135 e. The summed E-state index contributed by atoms with van der Waals surface area (Å²) in [6.45, 7) is 0. The van der Waals surface area contributed by atoms with Gasteiger partial charge >= 0.3 is 0 Å². The van der Waals surface area contributed by atoms with E-state index in [2.05, 4.69) is 0 Å². The Kier molecular flexibility index (Phi) is 2.97. The van der Waals surface area contributed by atoms with Gasteiger partial charge in [0.2, 0.25) is 0 Å². The number of nitriles is 2. The van der Waals surface area contributed by atoms with Crippen molar-refractivity contribution in [3.63, 3.8) is 0 Å². The number of rotatable bonds is 0. The predicted molar refractivity (Wildman–Crippen MR) is 36.5 cm³/mol. The first kappa shape index (κ1) is 7.25. The minimum absolute atomic E-state index is 0.0203. The molecule has 0 fully saturated rings. The number of hydrogen-bond donors (Lipinski definition) is 1. The SMILES string of the molecule is N#C/C(N)=C(\I)C#N. The number of halogens is 1. The van der Waals surface area contributed by atoms with Crippen LogP contribution in [0.25, 0.3) is 0 Å². The van der Waals surface area contributed by atoms with Gasteiger partial charge in [-0.15, -0.1) is 0 Å². The van der Waals surface area contributed by atoms with Crippen molar-refractivity contribution in [2.75, 3.05) is 0 Å². The fraction of sp³-hybridized carbons (Fsp3) is 0. The van der Waals surface area contributed by atoms with Crippen molar-refractivity contribution in [1.29, 1.82) is 10.5 Å². The zero-order valence-corrected chi connectivity index (χ0v) is 6.01. The van der Waals surface area contributed by atoms with Crippen molar-refractivity contribution in [2.24, 2.45) is 5.73 Å². The molecule has 0 aliphatic heterocycles. The van der Waals surface area contributed by atoms with E-state index in [1.807, 2.05) is 0 Å². The summed E-state index contributed by atoms with van der Waals surface area (Å²) >= 11 is 1.70. The molecular weight excluding hydrogens is 217 g/mol. The third-order valence-electron chi connectivity index (χ3n) is 0.455. The Morgan fingerprint density at radius 3 is 2.00 bits per heavy atom. The van der Waals surface area contributed by atoms with Crippen LogP contribution in [-0.2, 0) is 0 Å². The van der Waals surface area contributed by atoms with Crippen LogP contribution in [0, 0.1) is 22.7 Å². The normalized spacial score (nSPS) is 10.9. The molecule has 0 unspecified atom stereocenters. The van der Waals surface area contributed by atoms with Gasteiger partial charge in [0.15, 0.2) is 0 Å². The second-order valence-corrected chi connectivity index (χ2v) is 2.03. The zero-order chi connectivity index (χ0) is 6.57. The quantitative estimate of drug-likeness (QED) is 0.479. The molecule has 0 saturated heterocycles. The summed E-state index contributed by atoms with van der Waals surface area (Å²) in [6.07, 6.45) is 0. The number of hydrogen-bond acceptors (Lipinski definition) is 3. The van der Waals surface area contributed by atoms with E-state index in [9.17, 15) is 0 Å². The van der Waals surface area contributed by atoms with Crippen LogP contribution in [0.2, 0.25) is 0 Å². The molecule has 0 rings (SSSR count). The van der Waals surface area contributed by atoms with E-state index >= 15 is 0 Å². The van der Waals surface area contributed by atoms with Gasteiger partial charge in [0, 0.05) is 0 Å². The Labute approximate surface area is 60.5 Å². The minimum Gasteiger partial charge on any atom is -0.389 e. The fourth-order valence-corrected chi connectivity index (χ4v) is 0.230. The van der Waals surface area contributed by atoms with Crippen molar-refractivity contribution in [1.82, 2.24) is 0 Å². The maximum absolute atomic E-state index is 8.09. The standard InChI is InChI=1S/C4H2IN3/c5-3(1-6)4(8)2-7/h8H2/b4-3+. The lowest BCUT2D eigenvalue weighted by Gasteiger charge is -1.80. The molecular formula is C4H2IN3. The van der Waals surface area contributed by atoms with Gasteiger partial charge in [0.1, 0.15) is 21.4 Å². The average Bonchev–Trinajstić information content (AvgIpc) is 1.84. The van der Waals surface area contributed by atoms with E-state index in [1.54, 1.807) is 34.7 Å². The monoisotopic (exact) mass is 219 g/mol. The molecule has 40 valence electrons. The van der Waals surface area contributed by atoms with Crippen LogP contribution in [-0.4, -0.2) is 0 Å². The summed E-state index contributed by atoms with van der Waals surface area (Å²) in [7, 11) is 0. The summed E-state index contributed by atoms with van der Waals surface area (Å²) in [5.41, 5.74) is 5.00. The number of nitrogens with two attached hydrogens (primary N) is 1. The first-order valence-corrected chi connectivity index (χ1v) is 2.75. The van der Waals surface area contributed by atoms with Gasteiger partial charge in [0.25, 0.3) is 0 Å². The lowest BCUT2D eigenvalue weighted by molar-refractivity contribution is 1.38. The molecule has 0 spiro atoms. The molecule has 8 heavy (non-hydrogen) atoms. The highest BCUT2D eigenvalue weighted by atomic mass is 127. The summed E-state index contributed by atoms with van der Waals surface area (Å²) in [5.74, 6) is 0. The van der Waals surface area contributed by atoms with Crippen molar-refractivity contribution in [3.8, 4) is 12.1 Å². The minimum atomic E-state index is -0.0203. The van der Waals surface area contributed by atoms with Crippen molar-refractivity contribution >= 4 is 22.6 Å². The number of nitrogens with zero attached hydrogens (tertiary/aromatic N) is 2. The van der Waals surface area contributed by atoms with Gasteiger partial charge < -0.3 is 5.73 Å². The van der Waals surface area contributed by atoms with Crippen LogP contribution in [0.1, 0.15) is 0 Å². The van der Waals surface area contributed by atoms with Crippen LogP contribution < -0.4 is 5.73 Å². The van der Waals surface area contributed by atoms with E-state index in [0.29, 0.717) is 0 Å². The molecule has 0 aliphatic carbocycles. The molecule has 0 radical (unpaired) electrons. The predicted octanol–water partition coefficient (Wildman–Crippen LogP) is 0.639. The van der Waals surface area contributed by atoms with Gasteiger partial charge in [-0.05, 0) is 22.6 Å². The van der Waals surface area contributed by atoms with Gasteiger partial charge in [-0.25, -0.2) is 0 Å². The van der Waals surface area contributed by atoms with Crippen molar-refractivity contribution in [3.05, 3.63) is 9.28 Å². The topological polar surface area (TPSA) is 73.6 Å². The van der Waals surface area contributed by atoms with Crippen LogP contribution in [0.3, 0.4) is 0 Å². The van der Waals surface area contributed by atoms with Gasteiger partial charge in [-0.3, -0.25) is 0 Å². The second kappa shape index (κ2) is 3.28. The fourth-order valence-electron chi connectivity index (χ4n) is 0.109. The molecule has 2 N–H and O–H groups in total. The second-order valence-electron chi connectivity index (χ2n) is 0.951. The van der Waals surface area contributed by atoms with Crippen molar-refractivity contribution < 1.29 is 0 Å². The average molecular weight is 219 g/mol. The lowest BCUT2D eigenvalue weighted by Crippen LogP contribution is -1.93. The van der Waals surface area contributed by atoms with E-state index < -0.39 is 0 Å². The Balaban J connectivity index is 4.41. The third-order valence-corrected chi connectivity index (χ3v) is 1.28. The van der Waals surface area contributed by atoms with Crippen molar-refractivity contribution in [2.45, 2.75) is 0 Å². The molecule has 0 heterocycles. The third kappa shape index (κ3) is 1.80. The Bertz CT molecular complexity index is 170. The maximum Gasteiger partial charge on any atom is 0.135 e. The highest BCUT2D eigenvalue weighted by Gasteiger charge is 1.92. The molecule has 0 bridgehead atoms. The summed E-state index contributed by atoms with van der Waals surface area (Å²) in [6, 6.07) is 3.38. The maximum atomic E-state index is 8.09. The molecule has 4 heteroatoms. The lowest BCUT2D eigenvalue weighted by atomic mass is 10.5. The van der Waals surface area contributed by atoms with E-state index in [1.165, 1.54) is 0 Å². The molecule has 3 nitrogen and oxygen atoms in total. The van der Waals surface area contributed by atoms with Gasteiger partial charge in [0.05, 0.1) is 0 Å². The first-order valence-electron chi connectivity index (χ1n) is 1.67. The summed E-state index contributed by atoms with van der Waals surface area (Å²) in [5, 5.41) is 16.1. The van der Waals surface area contributed by atoms with E-state index in [4.69, 9.17) is 16.3 Å². The first-order chi connectivity index (χ1) is 3.72. The molecule has 0 aromatic carbocycles. The van der Waals surface area contributed by atoms with Crippen LogP contribution in [0.4, 0.5) is 0 Å². The molecule has 0 aliphatic rings. The molecule has 0 amide bonds. The Hall–Kier alpha value is -0.750. The number of allylic oxidation sites excluding steroid dienone is 2. The van der Waals surface area contributed by atoms with E-state index in [-0.39, 0.29) is 9.28 Å². The summed E-state index contributed by atoms with van der Waals surface area (Å²) < 4.78 is 0.241. The largest absolute Gasteiger partial charge is 0.389 e. The highest BCUT2D eigenvalue weighted by Crippen LogP contribution is 2.04. The van der Waals surface area contributed by atoms with Gasteiger partial charge in [-0.1, -0.05) is 0 Å². The zero-order valence-electron chi connectivity index (χ0n) is 3.85. The van der Waals surface area contributed by atoms with Crippen LogP contribution >= 0.6 is 22.6 Å². The molecule has 0 atom stereocenters. The summed E-state index contributed by atoms with van der Waals surface area (Å²) in [4.78, 5) is 0.